The predicted molar refractivity (Wildman–Crippen MR) is 111 cm³/mol. The molecular formula is C20H20BrN3O5. The molecule has 1 atom stereocenters. The quantitative estimate of drug-likeness (QED) is 0.545. The van der Waals surface area contributed by atoms with Gasteiger partial charge in [-0.3, -0.25) is 4.79 Å². The molecule has 0 aromatic heterocycles. The van der Waals surface area contributed by atoms with Gasteiger partial charge in [-0.15, -0.1) is 0 Å². The summed E-state index contributed by atoms with van der Waals surface area (Å²) in [6, 6.07) is 8.73. The first-order chi connectivity index (χ1) is 13.8. The van der Waals surface area contributed by atoms with Crippen molar-refractivity contribution in [2.75, 3.05) is 19.5 Å². The van der Waals surface area contributed by atoms with Crippen LogP contribution in [0.2, 0.25) is 0 Å². The zero-order valence-corrected chi connectivity index (χ0v) is 17.6. The number of benzene rings is 2. The van der Waals surface area contributed by atoms with Crippen molar-refractivity contribution in [3.63, 3.8) is 0 Å². The number of ether oxygens (including phenoxy) is 2. The normalized spacial score (nSPS) is 16.0. The van der Waals surface area contributed by atoms with Crippen molar-refractivity contribution in [2.45, 2.75) is 13.0 Å². The molecule has 29 heavy (non-hydrogen) atoms. The first kappa shape index (κ1) is 20.5. The fourth-order valence-electron chi connectivity index (χ4n) is 3.04. The second-order valence-corrected chi connectivity index (χ2v) is 7.15. The van der Waals surface area contributed by atoms with E-state index in [1.165, 1.54) is 13.2 Å². The number of amides is 3. The molecule has 1 aliphatic heterocycles. The van der Waals surface area contributed by atoms with E-state index in [9.17, 15) is 14.7 Å². The number of methoxy groups -OCH3 is 2. The zero-order chi connectivity index (χ0) is 21.1. The molecule has 0 saturated heterocycles. The third-order valence-corrected chi connectivity index (χ3v) is 5.16. The molecule has 0 radical (unpaired) electrons. The Balaban J connectivity index is 1.98. The Labute approximate surface area is 176 Å². The molecule has 0 fully saturated rings. The van der Waals surface area contributed by atoms with Crippen LogP contribution >= 0.6 is 15.9 Å². The molecule has 152 valence electrons. The summed E-state index contributed by atoms with van der Waals surface area (Å²) in [4.78, 5) is 25.2. The number of rotatable bonds is 5. The summed E-state index contributed by atoms with van der Waals surface area (Å²) in [7, 11) is 2.98. The maximum absolute atomic E-state index is 13.1. The summed E-state index contributed by atoms with van der Waals surface area (Å²) >= 11 is 3.39. The van der Waals surface area contributed by atoms with Crippen LogP contribution < -0.4 is 25.4 Å². The summed E-state index contributed by atoms with van der Waals surface area (Å²) in [5.41, 5.74) is 1.89. The van der Waals surface area contributed by atoms with Gasteiger partial charge in [-0.25, -0.2) is 4.79 Å². The Kier molecular flexibility index (Phi) is 5.97. The van der Waals surface area contributed by atoms with E-state index in [0.29, 0.717) is 32.7 Å². The molecule has 0 aliphatic carbocycles. The third-order valence-electron chi connectivity index (χ3n) is 4.47. The lowest BCUT2D eigenvalue weighted by atomic mass is 9.94. The molecule has 9 heteroatoms. The molecule has 1 unspecified atom stereocenters. The van der Waals surface area contributed by atoms with E-state index in [0.717, 1.165) is 0 Å². The Hall–Kier alpha value is -3.20. The number of carbonyl (C=O) groups is 2. The van der Waals surface area contributed by atoms with E-state index in [1.54, 1.807) is 44.4 Å². The number of nitrogens with one attached hydrogen (secondary N) is 3. The van der Waals surface area contributed by atoms with E-state index in [2.05, 4.69) is 31.9 Å². The molecule has 2 aromatic rings. The van der Waals surface area contributed by atoms with Crippen molar-refractivity contribution in [3.05, 3.63) is 57.7 Å². The predicted octanol–water partition coefficient (Wildman–Crippen LogP) is 3.44. The van der Waals surface area contributed by atoms with E-state index >= 15 is 0 Å². The maximum atomic E-state index is 13.1. The number of anilines is 1. The Morgan fingerprint density at radius 3 is 2.48 bits per heavy atom. The van der Waals surface area contributed by atoms with Crippen LogP contribution in [0.15, 0.2) is 52.1 Å². The van der Waals surface area contributed by atoms with Crippen LogP contribution in [0.4, 0.5) is 10.5 Å². The molecule has 8 nitrogen and oxygen atoms in total. The van der Waals surface area contributed by atoms with Gasteiger partial charge in [-0.05, 0) is 48.9 Å². The number of aromatic hydroxyl groups is 1. The fraction of sp³-hybridized carbons (Fsp3) is 0.200. The minimum Gasteiger partial charge on any atom is -0.504 e. The molecule has 4 N–H and O–H groups in total. The molecular weight excluding hydrogens is 442 g/mol. The highest BCUT2D eigenvalue weighted by molar-refractivity contribution is 9.10. The van der Waals surface area contributed by atoms with Crippen LogP contribution in [-0.4, -0.2) is 31.3 Å². The maximum Gasteiger partial charge on any atom is 0.319 e. The number of phenolic OH excluding ortho intramolecular Hbond substituents is 1. The van der Waals surface area contributed by atoms with E-state index in [-0.39, 0.29) is 17.4 Å². The molecule has 1 heterocycles. The van der Waals surface area contributed by atoms with Crippen molar-refractivity contribution in [1.82, 2.24) is 10.6 Å². The number of halogens is 1. The molecule has 2 aromatic carbocycles. The van der Waals surface area contributed by atoms with Gasteiger partial charge >= 0.3 is 6.03 Å². The third kappa shape index (κ3) is 4.29. The fourth-order valence-corrected chi connectivity index (χ4v) is 3.60. The van der Waals surface area contributed by atoms with Crippen molar-refractivity contribution in [1.29, 1.82) is 0 Å². The highest BCUT2D eigenvalue weighted by Gasteiger charge is 2.33. The minimum absolute atomic E-state index is 0.0617. The van der Waals surface area contributed by atoms with Gasteiger partial charge in [0, 0.05) is 15.9 Å². The monoisotopic (exact) mass is 461 g/mol. The summed E-state index contributed by atoms with van der Waals surface area (Å²) in [5.74, 6) is 0.448. The van der Waals surface area contributed by atoms with Crippen molar-refractivity contribution in [2.24, 2.45) is 0 Å². The second-order valence-electron chi connectivity index (χ2n) is 6.30. The molecule has 0 spiro atoms. The number of carbonyl (C=O) groups excluding carboxylic acids is 2. The lowest BCUT2D eigenvalue weighted by Crippen LogP contribution is -2.46. The van der Waals surface area contributed by atoms with Crippen molar-refractivity contribution < 1.29 is 24.2 Å². The van der Waals surface area contributed by atoms with Gasteiger partial charge in [-0.2, -0.15) is 0 Å². The lowest BCUT2D eigenvalue weighted by molar-refractivity contribution is -0.113. The number of hydrogen-bond acceptors (Lipinski definition) is 5. The average molecular weight is 462 g/mol. The molecule has 1 aliphatic rings. The standard InChI is InChI=1S/C20H20BrN3O5/c1-10-17(19(26)23-11-4-6-12(28-2)7-5-11)18(24-20(27)22-10)13-8-16(29-3)15(25)9-14(13)21/h4-9,18,25H,1-3H3,(H,23,26)(H2,22,24,27). The van der Waals surface area contributed by atoms with Crippen LogP contribution in [0.5, 0.6) is 17.2 Å². The van der Waals surface area contributed by atoms with E-state index < -0.39 is 12.1 Å². The van der Waals surface area contributed by atoms with Crippen LogP contribution in [0.1, 0.15) is 18.5 Å². The van der Waals surface area contributed by atoms with Crippen LogP contribution in [0.25, 0.3) is 0 Å². The summed E-state index contributed by atoms with van der Waals surface area (Å²) in [6.07, 6.45) is 0. The summed E-state index contributed by atoms with van der Waals surface area (Å²) < 4.78 is 10.8. The summed E-state index contributed by atoms with van der Waals surface area (Å²) in [6.45, 7) is 1.65. The van der Waals surface area contributed by atoms with Crippen molar-refractivity contribution in [3.8, 4) is 17.2 Å². The minimum atomic E-state index is -0.758. The summed E-state index contributed by atoms with van der Waals surface area (Å²) in [5, 5.41) is 18.2. The molecule has 0 saturated carbocycles. The smallest absolute Gasteiger partial charge is 0.319 e. The van der Waals surface area contributed by atoms with E-state index in [4.69, 9.17) is 9.47 Å². The van der Waals surface area contributed by atoms with Crippen LogP contribution in [0, 0.1) is 0 Å². The largest absolute Gasteiger partial charge is 0.504 e. The average Bonchev–Trinajstić information content (AvgIpc) is 2.68. The van der Waals surface area contributed by atoms with Gasteiger partial charge in [-0.1, -0.05) is 15.9 Å². The van der Waals surface area contributed by atoms with Gasteiger partial charge in [0.1, 0.15) is 5.75 Å². The lowest BCUT2D eigenvalue weighted by Gasteiger charge is -2.29. The van der Waals surface area contributed by atoms with Gasteiger partial charge in [0.2, 0.25) is 0 Å². The zero-order valence-electron chi connectivity index (χ0n) is 16.0. The number of allylic oxidation sites excluding steroid dienone is 1. The van der Waals surface area contributed by atoms with Crippen LogP contribution in [0.3, 0.4) is 0 Å². The van der Waals surface area contributed by atoms with Gasteiger partial charge < -0.3 is 30.5 Å². The Morgan fingerprint density at radius 2 is 1.86 bits per heavy atom. The number of phenols is 1. The van der Waals surface area contributed by atoms with Gasteiger partial charge in [0.15, 0.2) is 11.5 Å². The second kappa shape index (κ2) is 8.44. The van der Waals surface area contributed by atoms with Gasteiger partial charge in [0.05, 0.1) is 25.8 Å². The molecule has 3 amide bonds. The van der Waals surface area contributed by atoms with E-state index in [1.807, 2.05) is 0 Å². The van der Waals surface area contributed by atoms with Gasteiger partial charge in [0.25, 0.3) is 5.91 Å². The Bertz CT molecular complexity index is 988. The highest BCUT2D eigenvalue weighted by Crippen LogP contribution is 2.39. The number of hydrogen-bond donors (Lipinski definition) is 4. The van der Waals surface area contributed by atoms with Crippen molar-refractivity contribution >= 4 is 33.6 Å². The highest BCUT2D eigenvalue weighted by atomic mass is 79.9. The van der Waals surface area contributed by atoms with Crippen LogP contribution in [-0.2, 0) is 4.79 Å². The first-order valence-electron chi connectivity index (χ1n) is 8.64. The molecule has 0 bridgehead atoms. The number of urea groups is 1. The Morgan fingerprint density at radius 1 is 1.17 bits per heavy atom. The SMILES string of the molecule is COc1ccc(NC(=O)C2=C(C)NC(=O)NC2c2cc(OC)c(O)cc2Br)cc1. The molecule has 3 rings (SSSR count). The topological polar surface area (TPSA) is 109 Å². The first-order valence-corrected chi connectivity index (χ1v) is 9.43.